The number of aliphatic hydroxyl groups excluding tert-OH is 2. The number of hydrogen-bond acceptors (Lipinski definition) is 2. The van der Waals surface area contributed by atoms with Crippen LogP contribution in [0.1, 0.15) is 38.5 Å². The zero-order valence-corrected chi connectivity index (χ0v) is 7.71. The zero-order chi connectivity index (χ0) is 8.81. The van der Waals surface area contributed by atoms with Crippen molar-refractivity contribution in [2.45, 2.75) is 38.5 Å². The predicted molar refractivity (Wildman–Crippen MR) is 48.9 cm³/mol. The van der Waals surface area contributed by atoms with Crippen molar-refractivity contribution in [1.29, 1.82) is 0 Å². The molecule has 1 rings (SSSR count). The predicted octanol–water partition coefficient (Wildman–Crippen LogP) is 1.56. The molecule has 0 amide bonds. The molecule has 2 heteroatoms. The summed E-state index contributed by atoms with van der Waals surface area (Å²) >= 11 is 0. The minimum absolute atomic E-state index is 0.343. The second-order valence-electron chi connectivity index (χ2n) is 3.91. The summed E-state index contributed by atoms with van der Waals surface area (Å²) in [6, 6.07) is 0. The number of aliphatic hydroxyl groups is 2. The van der Waals surface area contributed by atoms with Crippen LogP contribution >= 0.6 is 0 Å². The molecule has 0 atom stereocenters. The SMILES string of the molecule is OCC[C@H]1CC[C@@H](CCO)CC1. The standard InChI is InChI=1S/C10H20O2/c11-7-5-9-1-2-10(4-3-9)6-8-12/h9-12H,1-8H2/t9-,10+. The van der Waals surface area contributed by atoms with Crippen LogP contribution in [0.4, 0.5) is 0 Å². The van der Waals surface area contributed by atoms with E-state index in [4.69, 9.17) is 10.2 Å². The fourth-order valence-electron chi connectivity index (χ4n) is 2.17. The first kappa shape index (κ1) is 10.0. The number of hydrogen-bond donors (Lipinski definition) is 2. The Labute approximate surface area is 74.6 Å². The molecule has 0 unspecified atom stereocenters. The van der Waals surface area contributed by atoms with Crippen LogP contribution in [0.5, 0.6) is 0 Å². The Hall–Kier alpha value is -0.0800. The lowest BCUT2D eigenvalue weighted by molar-refractivity contribution is 0.180. The highest BCUT2D eigenvalue weighted by Gasteiger charge is 2.19. The topological polar surface area (TPSA) is 40.5 Å². The molecule has 1 aliphatic rings. The monoisotopic (exact) mass is 172 g/mol. The molecular weight excluding hydrogens is 152 g/mol. The van der Waals surface area contributed by atoms with Crippen LogP contribution in [-0.2, 0) is 0 Å². The summed E-state index contributed by atoms with van der Waals surface area (Å²) in [5.41, 5.74) is 0. The summed E-state index contributed by atoms with van der Waals surface area (Å²) in [4.78, 5) is 0. The molecular formula is C10H20O2. The molecule has 0 spiro atoms. The van der Waals surface area contributed by atoms with E-state index in [2.05, 4.69) is 0 Å². The van der Waals surface area contributed by atoms with Gasteiger partial charge in [-0.2, -0.15) is 0 Å². The molecule has 0 radical (unpaired) electrons. The average molecular weight is 172 g/mol. The Balaban J connectivity index is 2.11. The average Bonchev–Trinajstić information content (AvgIpc) is 2.09. The summed E-state index contributed by atoms with van der Waals surface area (Å²) in [5, 5.41) is 17.5. The van der Waals surface area contributed by atoms with Crippen molar-refractivity contribution in [3.05, 3.63) is 0 Å². The Morgan fingerprint density at radius 2 is 1.08 bits per heavy atom. The van der Waals surface area contributed by atoms with Crippen LogP contribution in [-0.4, -0.2) is 23.4 Å². The van der Waals surface area contributed by atoms with E-state index in [1.807, 2.05) is 0 Å². The second-order valence-corrected chi connectivity index (χ2v) is 3.91. The Bertz CT molecular complexity index is 92.4. The van der Waals surface area contributed by atoms with Gasteiger partial charge in [-0.05, 0) is 24.7 Å². The summed E-state index contributed by atoms with van der Waals surface area (Å²) < 4.78 is 0. The Morgan fingerprint density at radius 3 is 1.33 bits per heavy atom. The van der Waals surface area contributed by atoms with Gasteiger partial charge in [0.25, 0.3) is 0 Å². The van der Waals surface area contributed by atoms with E-state index in [0.29, 0.717) is 13.2 Å². The minimum atomic E-state index is 0.343. The van der Waals surface area contributed by atoms with Crippen molar-refractivity contribution in [3.63, 3.8) is 0 Å². The molecule has 1 saturated carbocycles. The van der Waals surface area contributed by atoms with Crippen LogP contribution in [0.3, 0.4) is 0 Å². The quantitative estimate of drug-likeness (QED) is 0.675. The third-order valence-corrected chi connectivity index (χ3v) is 3.04. The highest BCUT2D eigenvalue weighted by molar-refractivity contribution is 4.72. The molecule has 0 heterocycles. The van der Waals surface area contributed by atoms with Gasteiger partial charge in [-0.25, -0.2) is 0 Å². The first-order valence-corrected chi connectivity index (χ1v) is 5.08. The van der Waals surface area contributed by atoms with E-state index in [9.17, 15) is 0 Å². The van der Waals surface area contributed by atoms with Crippen LogP contribution in [0.15, 0.2) is 0 Å². The molecule has 2 N–H and O–H groups in total. The molecule has 72 valence electrons. The van der Waals surface area contributed by atoms with Gasteiger partial charge in [-0.1, -0.05) is 25.7 Å². The summed E-state index contributed by atoms with van der Waals surface area (Å²) in [6.07, 6.45) is 6.98. The van der Waals surface area contributed by atoms with Crippen LogP contribution in [0, 0.1) is 11.8 Å². The van der Waals surface area contributed by atoms with E-state index < -0.39 is 0 Å². The lowest BCUT2D eigenvalue weighted by atomic mass is 9.79. The molecule has 1 aliphatic carbocycles. The highest BCUT2D eigenvalue weighted by Crippen LogP contribution is 2.31. The lowest BCUT2D eigenvalue weighted by Crippen LogP contribution is -2.16. The molecule has 0 aromatic carbocycles. The van der Waals surface area contributed by atoms with Gasteiger partial charge in [0.15, 0.2) is 0 Å². The molecule has 0 saturated heterocycles. The molecule has 12 heavy (non-hydrogen) atoms. The maximum absolute atomic E-state index is 8.75. The van der Waals surface area contributed by atoms with Crippen molar-refractivity contribution in [3.8, 4) is 0 Å². The smallest absolute Gasteiger partial charge is 0.0433 e. The fraction of sp³-hybridized carbons (Fsp3) is 1.00. The molecule has 1 fully saturated rings. The van der Waals surface area contributed by atoms with Crippen molar-refractivity contribution >= 4 is 0 Å². The number of rotatable bonds is 4. The van der Waals surface area contributed by atoms with Gasteiger partial charge in [0.05, 0.1) is 0 Å². The van der Waals surface area contributed by atoms with Crippen LogP contribution in [0.25, 0.3) is 0 Å². The van der Waals surface area contributed by atoms with Gasteiger partial charge >= 0.3 is 0 Å². The van der Waals surface area contributed by atoms with E-state index in [1.165, 1.54) is 25.7 Å². The molecule has 0 aliphatic heterocycles. The molecule has 0 aromatic heterocycles. The molecule has 0 aromatic rings. The highest BCUT2D eigenvalue weighted by atomic mass is 16.3. The fourth-order valence-corrected chi connectivity index (χ4v) is 2.17. The summed E-state index contributed by atoms with van der Waals surface area (Å²) in [6.45, 7) is 0.685. The Kier molecular flexibility index (Phi) is 4.62. The van der Waals surface area contributed by atoms with Gasteiger partial charge in [-0.15, -0.1) is 0 Å². The molecule has 2 nitrogen and oxygen atoms in total. The summed E-state index contributed by atoms with van der Waals surface area (Å²) in [7, 11) is 0. The van der Waals surface area contributed by atoms with Gasteiger partial charge in [0.1, 0.15) is 0 Å². The normalized spacial score (nSPS) is 30.5. The van der Waals surface area contributed by atoms with Crippen molar-refractivity contribution in [2.75, 3.05) is 13.2 Å². The summed E-state index contributed by atoms with van der Waals surface area (Å²) in [5.74, 6) is 1.51. The van der Waals surface area contributed by atoms with Crippen molar-refractivity contribution in [2.24, 2.45) is 11.8 Å². The first-order chi connectivity index (χ1) is 5.86. The first-order valence-electron chi connectivity index (χ1n) is 5.08. The van der Waals surface area contributed by atoms with Crippen molar-refractivity contribution in [1.82, 2.24) is 0 Å². The maximum Gasteiger partial charge on any atom is 0.0433 e. The second kappa shape index (κ2) is 5.55. The maximum atomic E-state index is 8.75. The third kappa shape index (κ3) is 3.11. The van der Waals surface area contributed by atoms with Crippen molar-refractivity contribution < 1.29 is 10.2 Å². The van der Waals surface area contributed by atoms with Gasteiger partial charge in [0, 0.05) is 13.2 Å². The van der Waals surface area contributed by atoms with E-state index >= 15 is 0 Å². The Morgan fingerprint density at radius 1 is 0.750 bits per heavy atom. The van der Waals surface area contributed by atoms with Gasteiger partial charge < -0.3 is 10.2 Å². The zero-order valence-electron chi connectivity index (χ0n) is 7.71. The third-order valence-electron chi connectivity index (χ3n) is 3.04. The van der Waals surface area contributed by atoms with E-state index in [0.717, 1.165) is 24.7 Å². The van der Waals surface area contributed by atoms with Gasteiger partial charge in [-0.3, -0.25) is 0 Å². The largest absolute Gasteiger partial charge is 0.396 e. The lowest BCUT2D eigenvalue weighted by Gasteiger charge is -2.27. The van der Waals surface area contributed by atoms with E-state index in [-0.39, 0.29) is 0 Å². The van der Waals surface area contributed by atoms with E-state index in [1.54, 1.807) is 0 Å². The van der Waals surface area contributed by atoms with Gasteiger partial charge in [0.2, 0.25) is 0 Å². The van der Waals surface area contributed by atoms with Crippen LogP contribution in [0.2, 0.25) is 0 Å². The minimum Gasteiger partial charge on any atom is -0.396 e. The van der Waals surface area contributed by atoms with Crippen LogP contribution < -0.4 is 0 Å². The molecule has 0 bridgehead atoms.